The van der Waals surface area contributed by atoms with E-state index in [4.69, 9.17) is 22.5 Å². The Morgan fingerprint density at radius 3 is 2.81 bits per heavy atom. The van der Waals surface area contributed by atoms with Crippen LogP contribution in [-0.2, 0) is 6.54 Å². The van der Waals surface area contributed by atoms with Gasteiger partial charge in [0.15, 0.2) is 5.84 Å². The summed E-state index contributed by atoms with van der Waals surface area (Å²) in [5.74, 6) is 0.0397. The van der Waals surface area contributed by atoms with E-state index in [2.05, 4.69) is 26.4 Å². The molecule has 2 aromatic carbocycles. The molecular weight excluding hydrogens is 354 g/mol. The van der Waals surface area contributed by atoms with E-state index >= 15 is 0 Å². The molecule has 110 valence electrons. The van der Waals surface area contributed by atoms with Gasteiger partial charge < -0.3 is 16.3 Å². The fraction of sp³-hybridized carbons (Fsp3) is 0.133. The van der Waals surface area contributed by atoms with Gasteiger partial charge in [-0.2, -0.15) is 0 Å². The first kappa shape index (κ1) is 15.7. The van der Waals surface area contributed by atoms with Crippen LogP contribution in [0.4, 0.5) is 5.69 Å². The van der Waals surface area contributed by atoms with Crippen molar-refractivity contribution in [3.63, 3.8) is 0 Å². The average Bonchev–Trinajstić information content (AvgIpc) is 2.49. The van der Waals surface area contributed by atoms with Crippen LogP contribution in [0.3, 0.4) is 0 Å². The van der Waals surface area contributed by atoms with E-state index in [1.165, 1.54) is 0 Å². The summed E-state index contributed by atoms with van der Waals surface area (Å²) in [5.41, 5.74) is 9.22. The molecule has 4 N–H and O–H groups in total. The molecule has 0 fully saturated rings. The van der Waals surface area contributed by atoms with Crippen LogP contribution < -0.4 is 11.1 Å². The fourth-order valence-corrected chi connectivity index (χ4v) is 2.53. The van der Waals surface area contributed by atoms with Crippen molar-refractivity contribution in [1.82, 2.24) is 0 Å². The van der Waals surface area contributed by atoms with Crippen molar-refractivity contribution in [3.05, 3.63) is 62.6 Å². The third-order valence-electron chi connectivity index (χ3n) is 3.12. The molecule has 21 heavy (non-hydrogen) atoms. The number of anilines is 1. The minimum Gasteiger partial charge on any atom is -0.409 e. The zero-order valence-electron chi connectivity index (χ0n) is 11.4. The van der Waals surface area contributed by atoms with Crippen molar-refractivity contribution in [2.45, 2.75) is 13.5 Å². The molecule has 0 atom stereocenters. The first-order valence-corrected chi connectivity index (χ1v) is 7.45. The standard InChI is InChI=1S/C15H15BrClN3O/c1-9-3-2-4-13(14(9)16)19-8-11-6-5-10(7-12(11)17)15(18)20-21/h2-7,19,21H,8H2,1H3,(H2,18,20). The smallest absolute Gasteiger partial charge is 0.170 e. The van der Waals surface area contributed by atoms with Crippen molar-refractivity contribution in [2.75, 3.05) is 5.32 Å². The zero-order valence-corrected chi connectivity index (χ0v) is 13.7. The molecule has 0 saturated carbocycles. The van der Waals surface area contributed by atoms with Crippen molar-refractivity contribution in [3.8, 4) is 0 Å². The molecule has 2 aromatic rings. The molecule has 0 unspecified atom stereocenters. The van der Waals surface area contributed by atoms with E-state index in [1.807, 2.05) is 31.2 Å². The zero-order chi connectivity index (χ0) is 15.4. The molecule has 0 saturated heterocycles. The Kier molecular flexibility index (Phi) is 5.09. The summed E-state index contributed by atoms with van der Waals surface area (Å²) in [6.07, 6.45) is 0. The topological polar surface area (TPSA) is 70.6 Å². The van der Waals surface area contributed by atoms with E-state index in [-0.39, 0.29) is 5.84 Å². The van der Waals surface area contributed by atoms with E-state index in [0.29, 0.717) is 17.1 Å². The predicted molar refractivity (Wildman–Crippen MR) is 90.2 cm³/mol. The lowest BCUT2D eigenvalue weighted by Gasteiger charge is -2.12. The van der Waals surface area contributed by atoms with Gasteiger partial charge in [-0.05, 0) is 46.1 Å². The lowest BCUT2D eigenvalue weighted by atomic mass is 10.1. The van der Waals surface area contributed by atoms with Crippen molar-refractivity contribution >= 4 is 39.1 Å². The molecule has 0 heterocycles. The summed E-state index contributed by atoms with van der Waals surface area (Å²) in [4.78, 5) is 0. The minimum atomic E-state index is 0.0397. The van der Waals surface area contributed by atoms with Gasteiger partial charge in [-0.25, -0.2) is 0 Å². The van der Waals surface area contributed by atoms with Gasteiger partial charge in [0.25, 0.3) is 0 Å². The van der Waals surface area contributed by atoms with Crippen molar-refractivity contribution in [2.24, 2.45) is 10.9 Å². The number of hydrogen-bond donors (Lipinski definition) is 3. The summed E-state index contributed by atoms with van der Waals surface area (Å²) in [5, 5.41) is 15.5. The molecular formula is C15H15BrClN3O. The van der Waals surface area contributed by atoms with E-state index in [1.54, 1.807) is 12.1 Å². The number of benzene rings is 2. The first-order valence-electron chi connectivity index (χ1n) is 6.28. The molecule has 0 aliphatic rings. The van der Waals surface area contributed by atoms with Crippen LogP contribution >= 0.6 is 27.5 Å². The number of nitrogens with zero attached hydrogens (tertiary/aromatic N) is 1. The van der Waals surface area contributed by atoms with Gasteiger partial charge >= 0.3 is 0 Å². The van der Waals surface area contributed by atoms with Gasteiger partial charge in [0.2, 0.25) is 0 Å². The molecule has 0 aliphatic carbocycles. The maximum absolute atomic E-state index is 8.66. The molecule has 0 aromatic heterocycles. The number of oxime groups is 1. The molecule has 0 bridgehead atoms. The third kappa shape index (κ3) is 3.68. The number of amidine groups is 1. The van der Waals surface area contributed by atoms with Gasteiger partial charge in [-0.3, -0.25) is 0 Å². The van der Waals surface area contributed by atoms with Gasteiger partial charge in [0, 0.05) is 27.3 Å². The number of hydrogen-bond acceptors (Lipinski definition) is 3. The normalized spacial score (nSPS) is 11.5. The number of rotatable bonds is 4. The number of aryl methyl sites for hydroxylation is 1. The Balaban J connectivity index is 2.15. The molecule has 4 nitrogen and oxygen atoms in total. The molecule has 2 rings (SSSR count). The monoisotopic (exact) mass is 367 g/mol. The van der Waals surface area contributed by atoms with Gasteiger partial charge in [-0.15, -0.1) is 0 Å². The summed E-state index contributed by atoms with van der Waals surface area (Å²) >= 11 is 9.78. The summed E-state index contributed by atoms with van der Waals surface area (Å²) in [6, 6.07) is 11.3. The van der Waals surface area contributed by atoms with E-state index < -0.39 is 0 Å². The molecule has 0 radical (unpaired) electrons. The first-order chi connectivity index (χ1) is 10.0. The highest BCUT2D eigenvalue weighted by Gasteiger charge is 2.07. The second kappa shape index (κ2) is 6.83. The number of halogens is 2. The summed E-state index contributed by atoms with van der Waals surface area (Å²) in [7, 11) is 0. The maximum Gasteiger partial charge on any atom is 0.170 e. The SMILES string of the molecule is Cc1cccc(NCc2ccc(/C(N)=N/O)cc2Cl)c1Br. The predicted octanol–water partition coefficient (Wildman–Crippen LogP) is 4.12. The van der Waals surface area contributed by atoms with Gasteiger partial charge in [0.1, 0.15) is 0 Å². The third-order valence-corrected chi connectivity index (χ3v) is 4.52. The Hall–Kier alpha value is -1.72. The maximum atomic E-state index is 8.66. The van der Waals surface area contributed by atoms with Crippen LogP contribution in [0.15, 0.2) is 46.0 Å². The van der Waals surface area contributed by atoms with Gasteiger partial charge in [-0.1, -0.05) is 41.0 Å². The Bertz CT molecular complexity index is 689. The Morgan fingerprint density at radius 2 is 2.14 bits per heavy atom. The van der Waals surface area contributed by atoms with E-state index in [0.717, 1.165) is 21.3 Å². The second-order valence-electron chi connectivity index (χ2n) is 4.58. The molecule has 0 aliphatic heterocycles. The Labute approximate surface area is 136 Å². The van der Waals surface area contributed by atoms with Gasteiger partial charge in [0.05, 0.1) is 0 Å². The molecule has 6 heteroatoms. The van der Waals surface area contributed by atoms with Crippen molar-refractivity contribution in [1.29, 1.82) is 0 Å². The van der Waals surface area contributed by atoms with Crippen LogP contribution in [0.1, 0.15) is 16.7 Å². The average molecular weight is 369 g/mol. The minimum absolute atomic E-state index is 0.0397. The summed E-state index contributed by atoms with van der Waals surface area (Å²) in [6.45, 7) is 2.62. The quantitative estimate of drug-likeness (QED) is 0.329. The largest absolute Gasteiger partial charge is 0.409 e. The van der Waals surface area contributed by atoms with Crippen LogP contribution in [-0.4, -0.2) is 11.0 Å². The van der Waals surface area contributed by atoms with Crippen LogP contribution in [0.2, 0.25) is 5.02 Å². The fourth-order valence-electron chi connectivity index (χ4n) is 1.88. The molecule has 0 amide bonds. The summed E-state index contributed by atoms with van der Waals surface area (Å²) < 4.78 is 1.04. The number of nitrogens with one attached hydrogen (secondary N) is 1. The highest BCUT2D eigenvalue weighted by molar-refractivity contribution is 9.10. The van der Waals surface area contributed by atoms with Crippen LogP contribution in [0, 0.1) is 6.92 Å². The second-order valence-corrected chi connectivity index (χ2v) is 5.78. The highest BCUT2D eigenvalue weighted by Crippen LogP contribution is 2.27. The van der Waals surface area contributed by atoms with Crippen molar-refractivity contribution < 1.29 is 5.21 Å². The lowest BCUT2D eigenvalue weighted by molar-refractivity contribution is 0.318. The van der Waals surface area contributed by atoms with Crippen LogP contribution in [0.5, 0.6) is 0 Å². The lowest BCUT2D eigenvalue weighted by Crippen LogP contribution is -2.13. The molecule has 0 spiro atoms. The highest BCUT2D eigenvalue weighted by atomic mass is 79.9. The Morgan fingerprint density at radius 1 is 1.38 bits per heavy atom. The number of nitrogens with two attached hydrogens (primary N) is 1. The van der Waals surface area contributed by atoms with E-state index in [9.17, 15) is 0 Å². The van der Waals surface area contributed by atoms with Crippen LogP contribution in [0.25, 0.3) is 0 Å².